The highest BCUT2D eigenvalue weighted by molar-refractivity contribution is 7.11. The van der Waals surface area contributed by atoms with Crippen LogP contribution in [-0.2, 0) is 4.79 Å². The van der Waals surface area contributed by atoms with Crippen LogP contribution < -0.4 is 14.8 Å². The SMILES string of the molecule is COc1ccc(OC)c([C@@H]2CC(=O)Nc3c(-c4ccc(F)cc4)csc32)c1. The Balaban J connectivity index is 1.83. The fraction of sp³-hybridized carbons (Fsp3) is 0.190. The van der Waals surface area contributed by atoms with Crippen LogP contribution in [0.25, 0.3) is 11.1 Å². The standard InChI is InChI=1S/C21H18FNO3S/c1-25-14-7-8-18(26-2)15(9-14)16-10-19(24)23-20-17(11-27-21(16)20)12-3-5-13(22)6-4-12/h3-9,11,16H,10H2,1-2H3,(H,23,24)/t16-/m0/s1. The second kappa shape index (κ2) is 7.04. The number of carbonyl (C=O) groups is 1. The topological polar surface area (TPSA) is 47.6 Å². The van der Waals surface area contributed by atoms with Gasteiger partial charge in [0.2, 0.25) is 5.91 Å². The van der Waals surface area contributed by atoms with Crippen molar-refractivity contribution in [1.82, 2.24) is 0 Å². The van der Waals surface area contributed by atoms with Crippen molar-refractivity contribution in [2.24, 2.45) is 0 Å². The minimum Gasteiger partial charge on any atom is -0.497 e. The Kier molecular flexibility index (Phi) is 4.58. The van der Waals surface area contributed by atoms with E-state index in [4.69, 9.17) is 9.47 Å². The third-order valence-corrected chi connectivity index (χ3v) is 5.85. The molecule has 0 saturated carbocycles. The largest absolute Gasteiger partial charge is 0.497 e. The third-order valence-electron chi connectivity index (χ3n) is 4.76. The zero-order valence-corrected chi connectivity index (χ0v) is 15.7. The van der Waals surface area contributed by atoms with E-state index in [1.807, 2.05) is 23.6 Å². The summed E-state index contributed by atoms with van der Waals surface area (Å²) in [6.45, 7) is 0. The Morgan fingerprint density at radius 2 is 1.89 bits per heavy atom. The number of carbonyl (C=O) groups excluding carboxylic acids is 1. The zero-order chi connectivity index (χ0) is 19.0. The molecule has 4 nitrogen and oxygen atoms in total. The van der Waals surface area contributed by atoms with Gasteiger partial charge in [-0.05, 0) is 35.9 Å². The number of thiophene rings is 1. The van der Waals surface area contributed by atoms with E-state index in [1.54, 1.807) is 37.7 Å². The molecule has 0 unspecified atom stereocenters. The lowest BCUT2D eigenvalue weighted by atomic mass is 9.88. The van der Waals surface area contributed by atoms with Crippen molar-refractivity contribution < 1.29 is 18.7 Å². The van der Waals surface area contributed by atoms with Crippen LogP contribution in [0.15, 0.2) is 47.8 Å². The molecule has 3 aromatic rings. The summed E-state index contributed by atoms with van der Waals surface area (Å²) in [4.78, 5) is 13.5. The van der Waals surface area contributed by atoms with Gasteiger partial charge in [-0.2, -0.15) is 0 Å². The normalized spacial score (nSPS) is 15.8. The maximum Gasteiger partial charge on any atom is 0.225 e. The molecule has 1 N–H and O–H groups in total. The highest BCUT2D eigenvalue weighted by Gasteiger charge is 2.32. The average molecular weight is 383 g/mol. The van der Waals surface area contributed by atoms with E-state index in [1.165, 1.54) is 12.1 Å². The molecule has 0 bridgehead atoms. The molecule has 0 aliphatic carbocycles. The van der Waals surface area contributed by atoms with Crippen molar-refractivity contribution in [1.29, 1.82) is 0 Å². The fourth-order valence-electron chi connectivity index (χ4n) is 3.43. The predicted molar refractivity (Wildman–Crippen MR) is 104 cm³/mol. The number of rotatable bonds is 4. The average Bonchev–Trinajstić information content (AvgIpc) is 3.11. The molecule has 0 radical (unpaired) electrons. The number of amides is 1. The van der Waals surface area contributed by atoms with E-state index in [2.05, 4.69) is 5.32 Å². The van der Waals surface area contributed by atoms with Gasteiger partial charge in [-0.3, -0.25) is 4.79 Å². The first-order valence-corrected chi connectivity index (χ1v) is 9.37. The summed E-state index contributed by atoms with van der Waals surface area (Å²) in [6.07, 6.45) is 0.333. The number of hydrogen-bond donors (Lipinski definition) is 1. The number of ether oxygens (including phenoxy) is 2. The van der Waals surface area contributed by atoms with E-state index in [9.17, 15) is 9.18 Å². The van der Waals surface area contributed by atoms with E-state index < -0.39 is 0 Å². The number of benzene rings is 2. The van der Waals surface area contributed by atoms with Crippen LogP contribution in [0.3, 0.4) is 0 Å². The molecule has 4 rings (SSSR count). The smallest absolute Gasteiger partial charge is 0.225 e. The van der Waals surface area contributed by atoms with Crippen molar-refractivity contribution >= 4 is 22.9 Å². The molecule has 6 heteroatoms. The summed E-state index contributed by atoms with van der Waals surface area (Å²) >= 11 is 1.58. The van der Waals surface area contributed by atoms with Crippen molar-refractivity contribution in [3.63, 3.8) is 0 Å². The minimum atomic E-state index is -0.286. The summed E-state index contributed by atoms with van der Waals surface area (Å²) in [7, 11) is 3.23. The van der Waals surface area contributed by atoms with Gasteiger partial charge in [-0.15, -0.1) is 11.3 Å². The van der Waals surface area contributed by atoms with Crippen LogP contribution in [0.4, 0.5) is 10.1 Å². The molecule has 1 aliphatic rings. The third kappa shape index (κ3) is 3.17. The number of methoxy groups -OCH3 is 2. The number of halogens is 1. The Bertz CT molecular complexity index is 997. The Morgan fingerprint density at radius 1 is 1.11 bits per heavy atom. The molecule has 0 spiro atoms. The van der Waals surface area contributed by atoms with Gasteiger partial charge < -0.3 is 14.8 Å². The van der Waals surface area contributed by atoms with E-state index >= 15 is 0 Å². The quantitative estimate of drug-likeness (QED) is 0.686. The number of hydrogen-bond acceptors (Lipinski definition) is 4. The first kappa shape index (κ1) is 17.5. The molecule has 0 fully saturated rings. The Hall–Kier alpha value is -2.86. The van der Waals surface area contributed by atoms with Gasteiger partial charge in [-0.1, -0.05) is 12.1 Å². The molecular weight excluding hydrogens is 365 g/mol. The summed E-state index contributed by atoms with van der Waals surface area (Å²) in [5, 5.41) is 5.00. The maximum absolute atomic E-state index is 13.3. The van der Waals surface area contributed by atoms with Gasteiger partial charge in [0.15, 0.2) is 0 Å². The minimum absolute atomic E-state index is 0.0564. The van der Waals surface area contributed by atoms with E-state index in [-0.39, 0.29) is 17.6 Å². The maximum atomic E-state index is 13.3. The van der Waals surface area contributed by atoms with E-state index in [0.717, 1.165) is 33.0 Å². The van der Waals surface area contributed by atoms with Gasteiger partial charge in [0.1, 0.15) is 17.3 Å². The van der Waals surface area contributed by atoms with Gasteiger partial charge >= 0.3 is 0 Å². The van der Waals surface area contributed by atoms with Crippen LogP contribution in [0, 0.1) is 5.82 Å². The first-order valence-electron chi connectivity index (χ1n) is 8.49. The first-order chi connectivity index (χ1) is 13.1. The fourth-order valence-corrected chi connectivity index (χ4v) is 4.58. The van der Waals surface area contributed by atoms with Crippen LogP contribution >= 0.6 is 11.3 Å². The number of anilines is 1. The number of nitrogens with one attached hydrogen (secondary N) is 1. The molecule has 1 aromatic heterocycles. The summed E-state index contributed by atoms with van der Waals surface area (Å²) in [5.74, 6) is 0.967. The van der Waals surface area contributed by atoms with Gasteiger partial charge in [0, 0.05) is 33.7 Å². The van der Waals surface area contributed by atoms with Crippen LogP contribution in [0.2, 0.25) is 0 Å². The van der Waals surface area contributed by atoms with Gasteiger partial charge in [-0.25, -0.2) is 4.39 Å². The lowest BCUT2D eigenvalue weighted by molar-refractivity contribution is -0.116. The lowest BCUT2D eigenvalue weighted by Gasteiger charge is -2.25. The second-order valence-electron chi connectivity index (χ2n) is 6.31. The van der Waals surface area contributed by atoms with Gasteiger partial charge in [0.25, 0.3) is 0 Å². The Labute approximate surface area is 160 Å². The molecule has 2 heterocycles. The lowest BCUT2D eigenvalue weighted by Crippen LogP contribution is -2.22. The van der Waals surface area contributed by atoms with Crippen LogP contribution in [0.1, 0.15) is 22.8 Å². The molecule has 1 atom stereocenters. The second-order valence-corrected chi connectivity index (χ2v) is 7.22. The van der Waals surface area contributed by atoms with Crippen molar-refractivity contribution in [3.05, 3.63) is 64.1 Å². The zero-order valence-electron chi connectivity index (χ0n) is 14.9. The van der Waals surface area contributed by atoms with E-state index in [0.29, 0.717) is 12.2 Å². The molecule has 1 aliphatic heterocycles. The molecule has 2 aromatic carbocycles. The molecule has 27 heavy (non-hydrogen) atoms. The van der Waals surface area contributed by atoms with Crippen LogP contribution in [-0.4, -0.2) is 20.1 Å². The monoisotopic (exact) mass is 383 g/mol. The van der Waals surface area contributed by atoms with Gasteiger partial charge in [0.05, 0.1) is 19.9 Å². The summed E-state index contributed by atoms with van der Waals surface area (Å²) in [5.41, 5.74) is 3.47. The molecule has 1 amide bonds. The Morgan fingerprint density at radius 3 is 2.59 bits per heavy atom. The molecular formula is C21H18FNO3S. The van der Waals surface area contributed by atoms with Crippen LogP contribution in [0.5, 0.6) is 11.5 Å². The molecule has 138 valence electrons. The van der Waals surface area contributed by atoms with Crippen molar-refractivity contribution in [2.75, 3.05) is 19.5 Å². The van der Waals surface area contributed by atoms with Crippen molar-refractivity contribution in [2.45, 2.75) is 12.3 Å². The summed E-state index contributed by atoms with van der Waals surface area (Å²) in [6, 6.07) is 11.9. The van der Waals surface area contributed by atoms with Crippen molar-refractivity contribution in [3.8, 4) is 22.6 Å². The summed E-state index contributed by atoms with van der Waals surface area (Å²) < 4.78 is 24.2. The highest BCUT2D eigenvalue weighted by Crippen LogP contribution is 2.48. The predicted octanol–water partition coefficient (Wildman–Crippen LogP) is 5.05. The molecule has 0 saturated heterocycles. The highest BCUT2D eigenvalue weighted by atomic mass is 32.1. The number of fused-ring (bicyclic) bond motifs is 1.